The standard InChI is InChI=1S/C13H18Br2N2.ClH/c14-12-4-3-10(6-13(12)15)8-17-5-1-2-11(7-16)9-17;/h3-4,6,11H,1-2,5,7-9,16H2;1H. The fraction of sp³-hybridized carbons (Fsp3) is 0.538. The number of rotatable bonds is 3. The van der Waals surface area contributed by atoms with Gasteiger partial charge in [0.05, 0.1) is 0 Å². The van der Waals surface area contributed by atoms with Crippen LogP contribution in [0, 0.1) is 5.92 Å². The van der Waals surface area contributed by atoms with Crippen LogP contribution in [-0.2, 0) is 6.54 Å². The molecule has 5 heteroatoms. The molecule has 0 radical (unpaired) electrons. The summed E-state index contributed by atoms with van der Waals surface area (Å²) in [5.74, 6) is 0.683. The number of piperidine rings is 1. The maximum absolute atomic E-state index is 5.76. The van der Waals surface area contributed by atoms with Crippen LogP contribution in [0.15, 0.2) is 27.1 Å². The van der Waals surface area contributed by atoms with Crippen molar-refractivity contribution in [2.45, 2.75) is 19.4 Å². The van der Waals surface area contributed by atoms with Crippen LogP contribution in [0.1, 0.15) is 18.4 Å². The number of hydrogen-bond acceptors (Lipinski definition) is 2. The Morgan fingerprint density at radius 3 is 2.72 bits per heavy atom. The molecule has 0 saturated carbocycles. The minimum Gasteiger partial charge on any atom is -0.330 e. The first-order chi connectivity index (χ1) is 8.19. The third-order valence-electron chi connectivity index (χ3n) is 3.33. The second-order valence-corrected chi connectivity index (χ2v) is 6.44. The molecular weight excluding hydrogens is 379 g/mol. The lowest BCUT2D eigenvalue weighted by Crippen LogP contribution is -2.37. The molecule has 1 saturated heterocycles. The van der Waals surface area contributed by atoms with Gasteiger partial charge in [-0.05, 0) is 81.4 Å². The quantitative estimate of drug-likeness (QED) is 0.839. The Morgan fingerprint density at radius 1 is 1.28 bits per heavy atom. The molecule has 0 amide bonds. The van der Waals surface area contributed by atoms with Crippen molar-refractivity contribution in [2.75, 3.05) is 19.6 Å². The van der Waals surface area contributed by atoms with Crippen molar-refractivity contribution >= 4 is 44.3 Å². The van der Waals surface area contributed by atoms with Gasteiger partial charge in [-0.3, -0.25) is 4.90 Å². The maximum atomic E-state index is 5.76. The van der Waals surface area contributed by atoms with E-state index in [1.807, 2.05) is 0 Å². The average molecular weight is 399 g/mol. The number of nitrogens with two attached hydrogens (primary N) is 1. The topological polar surface area (TPSA) is 29.3 Å². The predicted octanol–water partition coefficient (Wildman–Crippen LogP) is 3.80. The summed E-state index contributed by atoms with van der Waals surface area (Å²) >= 11 is 7.05. The van der Waals surface area contributed by atoms with Crippen molar-refractivity contribution in [1.29, 1.82) is 0 Å². The van der Waals surface area contributed by atoms with Gasteiger partial charge in [-0.1, -0.05) is 6.07 Å². The van der Waals surface area contributed by atoms with E-state index < -0.39 is 0 Å². The van der Waals surface area contributed by atoms with Gasteiger partial charge in [-0.2, -0.15) is 0 Å². The molecule has 2 nitrogen and oxygen atoms in total. The van der Waals surface area contributed by atoms with E-state index in [-0.39, 0.29) is 12.4 Å². The van der Waals surface area contributed by atoms with Crippen LogP contribution in [0.5, 0.6) is 0 Å². The average Bonchev–Trinajstić information content (AvgIpc) is 2.34. The number of benzene rings is 1. The Hall–Kier alpha value is 0.390. The number of hydrogen-bond donors (Lipinski definition) is 1. The van der Waals surface area contributed by atoms with Gasteiger partial charge in [0.2, 0.25) is 0 Å². The van der Waals surface area contributed by atoms with E-state index in [0.717, 1.165) is 28.6 Å². The third kappa shape index (κ3) is 4.49. The van der Waals surface area contributed by atoms with Crippen molar-refractivity contribution < 1.29 is 0 Å². The maximum Gasteiger partial charge on any atom is 0.0320 e. The van der Waals surface area contributed by atoms with Crippen molar-refractivity contribution in [2.24, 2.45) is 11.7 Å². The molecule has 1 atom stereocenters. The monoisotopic (exact) mass is 396 g/mol. The minimum absolute atomic E-state index is 0. The van der Waals surface area contributed by atoms with Crippen LogP contribution in [0.3, 0.4) is 0 Å². The van der Waals surface area contributed by atoms with Gasteiger partial charge in [-0.15, -0.1) is 12.4 Å². The van der Waals surface area contributed by atoms with Crippen LogP contribution in [0.4, 0.5) is 0 Å². The molecule has 0 aliphatic carbocycles. The lowest BCUT2D eigenvalue weighted by molar-refractivity contribution is 0.171. The van der Waals surface area contributed by atoms with Crippen LogP contribution in [0.2, 0.25) is 0 Å². The van der Waals surface area contributed by atoms with E-state index in [4.69, 9.17) is 5.73 Å². The summed E-state index contributed by atoms with van der Waals surface area (Å²) in [4.78, 5) is 2.51. The summed E-state index contributed by atoms with van der Waals surface area (Å²) in [7, 11) is 0. The van der Waals surface area contributed by atoms with E-state index in [0.29, 0.717) is 5.92 Å². The lowest BCUT2D eigenvalue weighted by Gasteiger charge is -2.32. The van der Waals surface area contributed by atoms with Gasteiger partial charge < -0.3 is 5.73 Å². The summed E-state index contributed by atoms with van der Waals surface area (Å²) < 4.78 is 2.24. The highest BCUT2D eigenvalue weighted by molar-refractivity contribution is 9.13. The molecule has 1 unspecified atom stereocenters. The van der Waals surface area contributed by atoms with Crippen LogP contribution >= 0.6 is 44.3 Å². The molecule has 0 aromatic heterocycles. The van der Waals surface area contributed by atoms with Crippen LogP contribution < -0.4 is 5.73 Å². The van der Waals surface area contributed by atoms with Gasteiger partial charge in [0.25, 0.3) is 0 Å². The van der Waals surface area contributed by atoms with E-state index >= 15 is 0 Å². The first-order valence-electron chi connectivity index (χ1n) is 6.05. The molecule has 1 aliphatic heterocycles. The fourth-order valence-corrected chi connectivity index (χ4v) is 3.06. The molecule has 0 spiro atoms. The van der Waals surface area contributed by atoms with Crippen LogP contribution in [-0.4, -0.2) is 24.5 Å². The van der Waals surface area contributed by atoms with Crippen molar-refractivity contribution in [3.63, 3.8) is 0 Å². The first kappa shape index (κ1) is 16.4. The molecule has 1 heterocycles. The molecule has 1 aliphatic rings. The lowest BCUT2D eigenvalue weighted by atomic mass is 9.98. The molecule has 2 N–H and O–H groups in total. The molecule has 1 aromatic carbocycles. The second kappa shape index (κ2) is 7.85. The largest absolute Gasteiger partial charge is 0.330 e. The minimum atomic E-state index is 0. The van der Waals surface area contributed by atoms with Crippen molar-refractivity contribution in [1.82, 2.24) is 4.90 Å². The molecule has 18 heavy (non-hydrogen) atoms. The second-order valence-electron chi connectivity index (χ2n) is 4.73. The van der Waals surface area contributed by atoms with Gasteiger partial charge in [0.15, 0.2) is 0 Å². The van der Waals surface area contributed by atoms with E-state index in [1.165, 1.54) is 24.9 Å². The number of likely N-dealkylation sites (tertiary alicyclic amines) is 1. The predicted molar refractivity (Wildman–Crippen MR) is 86.1 cm³/mol. The molecule has 1 aromatic rings. The summed E-state index contributed by atoms with van der Waals surface area (Å²) in [6, 6.07) is 6.47. The van der Waals surface area contributed by atoms with E-state index in [9.17, 15) is 0 Å². The van der Waals surface area contributed by atoms with E-state index in [1.54, 1.807) is 0 Å². The van der Waals surface area contributed by atoms with Gasteiger partial charge in [0.1, 0.15) is 0 Å². The molecular formula is C13H19Br2ClN2. The van der Waals surface area contributed by atoms with Crippen molar-refractivity contribution in [3.8, 4) is 0 Å². The van der Waals surface area contributed by atoms with Crippen molar-refractivity contribution in [3.05, 3.63) is 32.7 Å². The summed E-state index contributed by atoms with van der Waals surface area (Å²) in [6.45, 7) is 4.19. The number of halogens is 3. The Balaban J connectivity index is 0.00000162. The Kier molecular flexibility index (Phi) is 7.17. The highest BCUT2D eigenvalue weighted by atomic mass is 79.9. The van der Waals surface area contributed by atoms with Gasteiger partial charge >= 0.3 is 0 Å². The zero-order valence-corrected chi connectivity index (χ0v) is 14.2. The zero-order chi connectivity index (χ0) is 12.3. The Morgan fingerprint density at radius 2 is 2.06 bits per heavy atom. The van der Waals surface area contributed by atoms with E-state index in [2.05, 4.69) is 55.0 Å². The molecule has 0 bridgehead atoms. The smallest absolute Gasteiger partial charge is 0.0320 e. The molecule has 1 fully saturated rings. The normalized spacial score (nSPS) is 20.5. The first-order valence-corrected chi connectivity index (χ1v) is 7.64. The highest BCUT2D eigenvalue weighted by Crippen LogP contribution is 2.25. The summed E-state index contributed by atoms with van der Waals surface area (Å²) in [5, 5.41) is 0. The van der Waals surface area contributed by atoms with Gasteiger partial charge in [0, 0.05) is 22.0 Å². The Labute approximate surface area is 132 Å². The van der Waals surface area contributed by atoms with Gasteiger partial charge in [-0.25, -0.2) is 0 Å². The zero-order valence-electron chi connectivity index (χ0n) is 10.2. The highest BCUT2D eigenvalue weighted by Gasteiger charge is 2.18. The van der Waals surface area contributed by atoms with Crippen LogP contribution in [0.25, 0.3) is 0 Å². The molecule has 102 valence electrons. The summed E-state index contributed by atoms with van der Waals surface area (Å²) in [5.41, 5.74) is 7.12. The third-order valence-corrected chi connectivity index (χ3v) is 5.21. The SMILES string of the molecule is Cl.NCC1CCCN(Cc2ccc(Br)c(Br)c2)C1. The summed E-state index contributed by atoms with van der Waals surface area (Å²) in [6.07, 6.45) is 2.57. The number of nitrogens with zero attached hydrogens (tertiary/aromatic N) is 1. The molecule has 2 rings (SSSR count). The fourth-order valence-electron chi connectivity index (χ4n) is 2.38. The Bertz CT molecular complexity index is 387.